The number of benzene rings is 8. The second kappa shape index (κ2) is 36.5. The highest BCUT2D eigenvalue weighted by atomic mass is 32.2. The fourth-order valence-corrected chi connectivity index (χ4v) is 11.9. The highest BCUT2D eigenvalue weighted by Crippen LogP contribution is 2.35. The van der Waals surface area contributed by atoms with Crippen molar-refractivity contribution in [2.45, 2.75) is 6.92 Å². The van der Waals surface area contributed by atoms with Gasteiger partial charge in [-0.05, 0) is 104 Å². The van der Waals surface area contributed by atoms with Crippen molar-refractivity contribution in [2.24, 2.45) is 0 Å². The van der Waals surface area contributed by atoms with E-state index in [0.29, 0.717) is 94.1 Å². The molecule has 1 aliphatic rings. The Kier molecular flexibility index (Phi) is 25.0. The number of rotatable bonds is 33. The van der Waals surface area contributed by atoms with Crippen LogP contribution < -0.4 is 74.4 Å². The standard InChI is InChI=1S/C71H65N23O13S4/c1-44-73-62(75-49-14-6-2-7-15-49)85-63(74-44)79-53-30-26-45(57(40-53)104-108(96)97)22-24-47-28-32-55(42-59(47)106-110(100)101)81-68-87-66(77-51-18-10-4-11-19-51)89-70(91-68)93-35-37-94(38-36-93)71-90-67(78-52-20-12-5-13-21-52)88-69(92-71)82-56-33-29-48(60(43-56)107-111(102)103)25-23-46-27-31-54(41-58(46)105-109(98)99)80-65-84-61(72-34-39-95)83-64(86-65)76-50-16-8-3-9-17-50/h2-33,40-43,95H,34-39H2,1H3,(H,96,97)(H,98,99)(H,100,101)(H,102,103)(H2,73,74,75,79,85)(H2,77,81,87,89,91)(H2,78,82,88,90,92)(H3,72,76,80,83,84,86)/b24-22+,25-23+. The van der Waals surface area contributed by atoms with Gasteiger partial charge in [-0.1, -0.05) is 97.1 Å². The summed E-state index contributed by atoms with van der Waals surface area (Å²) in [7, 11) is 0. The Morgan fingerprint density at radius 3 is 0.811 bits per heavy atom. The third-order valence-corrected chi connectivity index (χ3v) is 16.9. The number of aryl methyl sites for hydroxylation is 1. The minimum Gasteiger partial charge on any atom is -0.395 e. The van der Waals surface area contributed by atoms with Gasteiger partial charge in [-0.15, -0.1) is 0 Å². The first kappa shape index (κ1) is 75.9. The molecule has 12 aromatic rings. The van der Waals surface area contributed by atoms with Crippen LogP contribution in [0.4, 0.5) is 111 Å². The summed E-state index contributed by atoms with van der Waals surface area (Å²) in [5.74, 6) is 2.23. The van der Waals surface area contributed by atoms with E-state index in [-0.39, 0.29) is 102 Å². The van der Waals surface area contributed by atoms with Crippen LogP contribution in [0.15, 0.2) is 194 Å². The molecule has 1 aliphatic heterocycles. The van der Waals surface area contributed by atoms with Gasteiger partial charge in [0.2, 0.25) is 65.4 Å². The van der Waals surface area contributed by atoms with E-state index < -0.39 is 45.4 Å². The predicted molar refractivity (Wildman–Crippen MR) is 425 cm³/mol. The molecule has 4 unspecified atom stereocenters. The number of para-hydroxylation sites is 4. The van der Waals surface area contributed by atoms with Gasteiger partial charge < -0.3 is 79.5 Å². The van der Waals surface area contributed by atoms with Crippen molar-refractivity contribution in [1.82, 2.24) is 59.8 Å². The van der Waals surface area contributed by atoms with Crippen LogP contribution in [0.5, 0.6) is 23.0 Å². The van der Waals surface area contributed by atoms with E-state index in [4.69, 9.17) is 46.6 Å². The van der Waals surface area contributed by atoms with Crippen LogP contribution in [0.3, 0.4) is 0 Å². The lowest BCUT2D eigenvalue weighted by atomic mass is 10.1. The lowest BCUT2D eigenvalue weighted by Gasteiger charge is -2.35. The Morgan fingerprint density at radius 1 is 0.324 bits per heavy atom. The molecule has 8 aromatic carbocycles. The second-order valence-electron chi connectivity index (χ2n) is 23.4. The summed E-state index contributed by atoms with van der Waals surface area (Å²) in [5.41, 5.74) is 5.54. The molecule has 4 atom stereocenters. The minimum atomic E-state index is -2.80. The predicted octanol–water partition coefficient (Wildman–Crippen LogP) is 11.8. The molecule has 111 heavy (non-hydrogen) atoms. The Hall–Kier alpha value is -13.3. The zero-order chi connectivity index (χ0) is 77.0. The van der Waals surface area contributed by atoms with Gasteiger partial charge in [0, 0.05) is 125 Å². The van der Waals surface area contributed by atoms with Gasteiger partial charge >= 0.3 is 45.4 Å². The van der Waals surface area contributed by atoms with Crippen LogP contribution in [0.1, 0.15) is 28.1 Å². The average molecular weight is 1580 g/mol. The summed E-state index contributed by atoms with van der Waals surface area (Å²) in [6.07, 6.45) is 6.22. The molecule has 1 fully saturated rings. The Bertz CT molecular complexity index is 5430. The fourth-order valence-electron chi connectivity index (χ4n) is 10.7. The molecule has 0 saturated carbocycles. The zero-order valence-corrected chi connectivity index (χ0v) is 61.2. The molecule has 14 N–H and O–H groups in total. The third kappa shape index (κ3) is 22.0. The maximum absolute atomic E-state index is 12.4. The lowest BCUT2D eigenvalue weighted by Crippen LogP contribution is -2.48. The first-order valence-electron chi connectivity index (χ1n) is 33.3. The van der Waals surface area contributed by atoms with Gasteiger partial charge in [-0.3, -0.25) is 18.2 Å². The monoisotopic (exact) mass is 1580 g/mol. The highest BCUT2D eigenvalue weighted by Gasteiger charge is 2.25. The number of aliphatic hydroxyl groups excluding tert-OH is 1. The van der Waals surface area contributed by atoms with Gasteiger partial charge in [0.25, 0.3) is 0 Å². The van der Waals surface area contributed by atoms with Crippen molar-refractivity contribution in [3.8, 4) is 23.0 Å². The van der Waals surface area contributed by atoms with E-state index in [0.717, 1.165) is 5.69 Å². The summed E-state index contributed by atoms with van der Waals surface area (Å²) < 4.78 is 110. The first-order chi connectivity index (χ1) is 54.0. The number of aromatic nitrogens is 12. The van der Waals surface area contributed by atoms with Crippen molar-refractivity contribution < 1.29 is 56.9 Å². The van der Waals surface area contributed by atoms with E-state index in [2.05, 4.69) is 77.8 Å². The van der Waals surface area contributed by atoms with Gasteiger partial charge in [0.15, 0.2) is 23.0 Å². The summed E-state index contributed by atoms with van der Waals surface area (Å²) >= 11 is -11.1. The molecule has 0 radical (unpaired) electrons. The van der Waals surface area contributed by atoms with Gasteiger partial charge in [0.1, 0.15) is 5.82 Å². The van der Waals surface area contributed by atoms with Crippen molar-refractivity contribution >= 4 is 181 Å². The summed E-state index contributed by atoms with van der Waals surface area (Å²) in [5, 5.41) is 37.7. The highest BCUT2D eigenvalue weighted by molar-refractivity contribution is 7.75. The Morgan fingerprint density at radius 2 is 0.559 bits per heavy atom. The van der Waals surface area contributed by atoms with E-state index in [9.17, 15) is 40.2 Å². The van der Waals surface area contributed by atoms with Crippen LogP contribution in [0.2, 0.25) is 0 Å². The minimum absolute atomic E-state index is 0.0113. The van der Waals surface area contributed by atoms with Crippen molar-refractivity contribution in [3.05, 3.63) is 222 Å². The molecular weight excluding hydrogens is 1510 g/mol. The van der Waals surface area contributed by atoms with Crippen LogP contribution in [-0.2, 0) is 45.4 Å². The molecule has 0 amide bonds. The largest absolute Gasteiger partial charge is 0.395 e. The van der Waals surface area contributed by atoms with Crippen molar-refractivity contribution in [2.75, 3.05) is 97.0 Å². The molecule has 13 rings (SSSR count). The third-order valence-electron chi connectivity index (χ3n) is 15.6. The molecule has 0 aliphatic carbocycles. The lowest BCUT2D eigenvalue weighted by molar-refractivity contribution is 0.310. The fraction of sp³-hybridized carbons (Fsp3) is 0.0986. The SMILES string of the molecule is Cc1nc(Nc2ccccc2)nc(Nc2ccc(/C=C/c3ccc(Nc4nc(Nc5ccccc5)nc(N5CCN(c6nc(Nc7ccccc7)nc(Nc7ccc(/C=C/c8ccc(Nc9nc(NCCO)nc(Nc%10ccccc%10)n9)cc8OS(=O)O)c(OS(=O)O)c7)n6)CC5)n4)cc3OS(=O)O)c(OS(=O)O)c2)n1. The number of nitrogens with zero attached hydrogens (tertiary/aromatic N) is 14. The van der Waals surface area contributed by atoms with E-state index in [1.54, 1.807) is 79.8 Å². The van der Waals surface area contributed by atoms with E-state index >= 15 is 0 Å². The number of hydrogen-bond acceptors (Lipinski definition) is 32. The van der Waals surface area contributed by atoms with Crippen molar-refractivity contribution in [1.29, 1.82) is 0 Å². The van der Waals surface area contributed by atoms with Crippen LogP contribution in [-0.4, -0.2) is 139 Å². The number of piperazine rings is 1. The van der Waals surface area contributed by atoms with E-state index in [1.165, 1.54) is 24.3 Å². The maximum atomic E-state index is 12.4. The normalized spacial score (nSPS) is 13.1. The summed E-state index contributed by atoms with van der Waals surface area (Å²) in [4.78, 5) is 59.1. The van der Waals surface area contributed by atoms with Gasteiger partial charge in [-0.25, -0.2) is 0 Å². The first-order valence-corrected chi connectivity index (χ1v) is 37.4. The molecule has 0 spiro atoms. The van der Waals surface area contributed by atoms with E-state index in [1.807, 2.05) is 131 Å². The zero-order valence-electron chi connectivity index (χ0n) is 57.9. The molecule has 0 bridgehead atoms. The molecular formula is C71H65N23O13S4. The van der Waals surface area contributed by atoms with Crippen molar-refractivity contribution in [3.63, 3.8) is 0 Å². The number of aliphatic hydroxyl groups is 1. The number of nitrogens with one attached hydrogen (secondary N) is 9. The van der Waals surface area contributed by atoms with Gasteiger partial charge in [0.05, 0.1) is 6.61 Å². The molecule has 5 heterocycles. The second-order valence-corrected chi connectivity index (χ2v) is 25.8. The Balaban J connectivity index is 0.720. The van der Waals surface area contributed by atoms with Crippen LogP contribution in [0, 0.1) is 6.92 Å². The number of anilines is 19. The maximum Gasteiger partial charge on any atom is 0.357 e. The van der Waals surface area contributed by atoms with Crippen LogP contribution in [0.25, 0.3) is 24.3 Å². The number of hydrogen-bond donors (Lipinski definition) is 14. The average Bonchev–Trinajstić information content (AvgIpc) is 0.807. The Labute approximate surface area is 642 Å². The topological polar surface area (TPSA) is 476 Å². The molecule has 4 aromatic heterocycles. The smallest absolute Gasteiger partial charge is 0.357 e. The van der Waals surface area contributed by atoms with Gasteiger partial charge in [-0.2, -0.15) is 76.6 Å². The quantitative estimate of drug-likeness (QED) is 0.0134. The molecule has 1 saturated heterocycles. The summed E-state index contributed by atoms with van der Waals surface area (Å²) in [6.45, 7) is 3.06. The molecule has 36 nitrogen and oxygen atoms in total. The molecule has 566 valence electrons. The van der Waals surface area contributed by atoms with Crippen LogP contribution >= 0.6 is 0 Å². The molecule has 40 heteroatoms. The summed E-state index contributed by atoms with van der Waals surface area (Å²) in [6, 6.07) is 55.9.